The molecule has 2 amide bonds. The number of ketones is 1. The van der Waals surface area contributed by atoms with E-state index in [9.17, 15) is 19.2 Å². The van der Waals surface area contributed by atoms with E-state index in [-0.39, 0.29) is 35.0 Å². The highest BCUT2D eigenvalue weighted by atomic mass is 35.5. The van der Waals surface area contributed by atoms with Gasteiger partial charge in [-0.05, 0) is 73.6 Å². The summed E-state index contributed by atoms with van der Waals surface area (Å²) in [5.41, 5.74) is 0.949. The summed E-state index contributed by atoms with van der Waals surface area (Å²) in [6, 6.07) is 12.6. The molecule has 3 aliphatic rings. The van der Waals surface area contributed by atoms with Crippen molar-refractivity contribution in [2.75, 3.05) is 11.5 Å². The zero-order chi connectivity index (χ0) is 21.7. The minimum Gasteiger partial charge on any atom is -0.454 e. The molecule has 0 N–H and O–H groups in total. The molecule has 7 heteroatoms. The van der Waals surface area contributed by atoms with Gasteiger partial charge in [-0.1, -0.05) is 17.7 Å². The maximum Gasteiger partial charge on any atom is 0.338 e. The summed E-state index contributed by atoms with van der Waals surface area (Å²) >= 11 is 5.81. The number of esters is 1. The predicted octanol–water partition coefficient (Wildman–Crippen LogP) is 3.92. The molecule has 0 unspecified atom stereocenters. The standard InChI is InChI=1S/C24H20ClNO5/c25-17-8-6-13(7-9-17)19(27)12-31-24(30)16-2-1-3-18(11-16)26-22(28)20-14-4-5-15(10-14)21(20)23(26)29/h1-3,6-9,11,14-15,20-21H,4-5,10,12H2/t14-,15-,20-,21+/m1/s1. The van der Waals surface area contributed by atoms with Crippen molar-refractivity contribution in [3.8, 4) is 0 Å². The highest BCUT2D eigenvalue weighted by molar-refractivity contribution is 6.30. The second kappa shape index (κ2) is 7.61. The molecule has 3 fully saturated rings. The highest BCUT2D eigenvalue weighted by Gasteiger charge is 2.61. The van der Waals surface area contributed by atoms with Crippen molar-refractivity contribution in [2.45, 2.75) is 19.3 Å². The number of fused-ring (bicyclic) bond motifs is 5. The van der Waals surface area contributed by atoms with E-state index < -0.39 is 12.6 Å². The average molecular weight is 438 g/mol. The summed E-state index contributed by atoms with van der Waals surface area (Å²) < 4.78 is 5.15. The molecular weight excluding hydrogens is 418 g/mol. The molecule has 6 nitrogen and oxygen atoms in total. The summed E-state index contributed by atoms with van der Waals surface area (Å²) in [4.78, 5) is 51.9. The van der Waals surface area contributed by atoms with Crippen LogP contribution < -0.4 is 4.90 Å². The number of amides is 2. The van der Waals surface area contributed by atoms with Crippen LogP contribution in [-0.2, 0) is 14.3 Å². The number of rotatable bonds is 5. The molecule has 31 heavy (non-hydrogen) atoms. The van der Waals surface area contributed by atoms with Crippen molar-refractivity contribution < 1.29 is 23.9 Å². The third kappa shape index (κ3) is 3.35. The third-order valence-corrected chi connectivity index (χ3v) is 7.02. The predicted molar refractivity (Wildman–Crippen MR) is 113 cm³/mol. The first-order valence-electron chi connectivity index (χ1n) is 10.4. The van der Waals surface area contributed by atoms with Crippen LogP contribution in [0.1, 0.15) is 40.0 Å². The zero-order valence-electron chi connectivity index (χ0n) is 16.6. The number of carbonyl (C=O) groups excluding carboxylic acids is 4. The summed E-state index contributed by atoms with van der Waals surface area (Å²) in [5, 5.41) is 0.508. The van der Waals surface area contributed by atoms with Gasteiger partial charge >= 0.3 is 5.97 Å². The van der Waals surface area contributed by atoms with E-state index >= 15 is 0 Å². The van der Waals surface area contributed by atoms with Gasteiger partial charge in [-0.2, -0.15) is 0 Å². The maximum absolute atomic E-state index is 13.0. The first kappa shape index (κ1) is 19.9. The molecule has 1 heterocycles. The topological polar surface area (TPSA) is 80.8 Å². The van der Waals surface area contributed by atoms with Crippen LogP contribution in [0.15, 0.2) is 48.5 Å². The number of carbonyl (C=O) groups is 4. The molecule has 2 aromatic rings. The van der Waals surface area contributed by atoms with Crippen molar-refractivity contribution in [1.82, 2.24) is 0 Å². The van der Waals surface area contributed by atoms with Crippen LogP contribution in [0.3, 0.4) is 0 Å². The summed E-state index contributed by atoms with van der Waals surface area (Å²) in [6.07, 6.45) is 2.98. The summed E-state index contributed by atoms with van der Waals surface area (Å²) in [6.45, 7) is -0.417. The number of imide groups is 1. The molecular formula is C24H20ClNO5. The largest absolute Gasteiger partial charge is 0.454 e. The van der Waals surface area contributed by atoms with E-state index in [0.29, 0.717) is 28.1 Å². The van der Waals surface area contributed by atoms with E-state index in [1.54, 1.807) is 36.4 Å². The number of benzene rings is 2. The molecule has 158 valence electrons. The molecule has 0 spiro atoms. The van der Waals surface area contributed by atoms with Gasteiger partial charge in [0.1, 0.15) is 0 Å². The quantitative estimate of drug-likeness (QED) is 0.402. The van der Waals surface area contributed by atoms with Gasteiger partial charge in [0.15, 0.2) is 12.4 Å². The number of hydrogen-bond acceptors (Lipinski definition) is 5. The van der Waals surface area contributed by atoms with Crippen molar-refractivity contribution >= 4 is 40.9 Å². The van der Waals surface area contributed by atoms with E-state index in [0.717, 1.165) is 19.3 Å². The van der Waals surface area contributed by atoms with E-state index in [2.05, 4.69) is 0 Å². The van der Waals surface area contributed by atoms with Gasteiger partial charge in [0.2, 0.25) is 11.8 Å². The number of Topliss-reactive ketones (excluding diaryl/α,β-unsaturated/α-hetero) is 1. The monoisotopic (exact) mass is 437 g/mol. The molecule has 0 radical (unpaired) electrons. The van der Waals surface area contributed by atoms with E-state index in [1.807, 2.05) is 0 Å². The molecule has 4 atom stereocenters. The Morgan fingerprint density at radius 3 is 2.23 bits per heavy atom. The van der Waals surface area contributed by atoms with Crippen molar-refractivity contribution in [3.63, 3.8) is 0 Å². The molecule has 0 aromatic heterocycles. The van der Waals surface area contributed by atoms with Crippen LogP contribution in [0, 0.1) is 23.7 Å². The normalized spacial score (nSPS) is 26.3. The molecule has 1 aliphatic heterocycles. The average Bonchev–Trinajstić information content (AvgIpc) is 3.46. The molecule has 5 rings (SSSR count). The van der Waals surface area contributed by atoms with Crippen molar-refractivity contribution in [2.24, 2.45) is 23.7 Å². The lowest BCUT2D eigenvalue weighted by molar-refractivity contribution is -0.123. The van der Waals surface area contributed by atoms with Crippen molar-refractivity contribution in [1.29, 1.82) is 0 Å². The van der Waals surface area contributed by atoms with Gasteiger partial charge in [-0.3, -0.25) is 19.3 Å². The van der Waals surface area contributed by atoms with Gasteiger partial charge in [0, 0.05) is 10.6 Å². The van der Waals surface area contributed by atoms with Crippen LogP contribution in [0.25, 0.3) is 0 Å². The fourth-order valence-electron chi connectivity index (χ4n) is 5.37. The number of hydrogen-bond donors (Lipinski definition) is 0. The molecule has 2 aromatic carbocycles. The van der Waals surface area contributed by atoms with Gasteiger partial charge in [-0.15, -0.1) is 0 Å². The van der Waals surface area contributed by atoms with E-state index in [4.69, 9.17) is 16.3 Å². The Kier molecular flexibility index (Phi) is 4.89. The van der Waals surface area contributed by atoms with Gasteiger partial charge < -0.3 is 4.74 Å². The molecule has 1 saturated heterocycles. The Morgan fingerprint density at radius 2 is 1.58 bits per heavy atom. The Balaban J connectivity index is 1.29. The second-order valence-corrected chi connectivity index (χ2v) is 8.89. The maximum atomic E-state index is 13.0. The van der Waals surface area contributed by atoms with Crippen LogP contribution in [0.2, 0.25) is 5.02 Å². The smallest absolute Gasteiger partial charge is 0.338 e. The van der Waals surface area contributed by atoms with Crippen LogP contribution in [0.4, 0.5) is 5.69 Å². The second-order valence-electron chi connectivity index (χ2n) is 8.45. The fourth-order valence-corrected chi connectivity index (χ4v) is 5.49. The lowest BCUT2D eigenvalue weighted by atomic mass is 9.81. The highest BCUT2D eigenvalue weighted by Crippen LogP contribution is 2.56. The Morgan fingerprint density at radius 1 is 0.935 bits per heavy atom. The van der Waals surface area contributed by atoms with Crippen LogP contribution in [0.5, 0.6) is 0 Å². The van der Waals surface area contributed by atoms with E-state index in [1.165, 1.54) is 17.0 Å². The summed E-state index contributed by atoms with van der Waals surface area (Å²) in [5.74, 6) is -1.22. The zero-order valence-corrected chi connectivity index (χ0v) is 17.4. The number of ether oxygens (including phenoxy) is 1. The van der Waals surface area contributed by atoms with Crippen LogP contribution >= 0.6 is 11.6 Å². The molecule has 2 saturated carbocycles. The fraction of sp³-hybridized carbons (Fsp3) is 0.333. The van der Waals surface area contributed by atoms with Gasteiger partial charge in [0.05, 0.1) is 23.1 Å². The lowest BCUT2D eigenvalue weighted by Gasteiger charge is -2.19. The molecule has 2 aliphatic carbocycles. The molecule has 2 bridgehead atoms. The van der Waals surface area contributed by atoms with Crippen molar-refractivity contribution in [3.05, 3.63) is 64.7 Å². The minimum atomic E-state index is -0.691. The Bertz CT molecular complexity index is 1070. The Labute approximate surface area is 184 Å². The lowest BCUT2D eigenvalue weighted by Crippen LogP contribution is -2.32. The van der Waals surface area contributed by atoms with Crippen LogP contribution in [-0.4, -0.2) is 30.2 Å². The first-order valence-corrected chi connectivity index (χ1v) is 10.8. The SMILES string of the molecule is O=C(COC(=O)c1cccc(N2C(=O)[C@@H]3[C@@H]4CC[C@H](C4)[C@@H]3C2=O)c1)c1ccc(Cl)cc1. The van der Waals surface area contributed by atoms with Gasteiger partial charge in [0.25, 0.3) is 0 Å². The van der Waals surface area contributed by atoms with Gasteiger partial charge in [-0.25, -0.2) is 4.79 Å². The summed E-state index contributed by atoms with van der Waals surface area (Å²) in [7, 11) is 0. The number of halogens is 1. The Hall–Kier alpha value is -2.99. The minimum absolute atomic E-state index is 0.161. The number of anilines is 1. The first-order chi connectivity index (χ1) is 14.9. The number of nitrogens with zero attached hydrogens (tertiary/aromatic N) is 1. The third-order valence-electron chi connectivity index (χ3n) is 6.77.